The Morgan fingerprint density at radius 1 is 1.17 bits per heavy atom. The van der Waals surface area contributed by atoms with Crippen LogP contribution in [0.5, 0.6) is 0 Å². The normalized spacial score (nSPS) is 13.7. The predicted molar refractivity (Wildman–Crippen MR) is 92.4 cm³/mol. The molecule has 4 heterocycles. The lowest BCUT2D eigenvalue weighted by Gasteiger charge is -2.20. The van der Waals surface area contributed by atoms with Gasteiger partial charge >= 0.3 is 6.85 Å². The van der Waals surface area contributed by atoms with Gasteiger partial charge in [0.25, 0.3) is 0 Å². The standard InChI is InChI=1S/C18H19BN3O/c1-12-5-8-17(21(3)10-12)19-9-16-15(11-22(19)4)14-7-6-13(2)20-18(14)23-16/h5-11H,1-4H3/q+1. The van der Waals surface area contributed by atoms with E-state index in [1.54, 1.807) is 0 Å². The summed E-state index contributed by atoms with van der Waals surface area (Å²) in [5, 5.41) is 2.18. The molecule has 1 aliphatic heterocycles. The Balaban J connectivity index is 1.93. The Hall–Kier alpha value is -2.56. The number of hydrogen-bond acceptors (Lipinski definition) is 3. The predicted octanol–water partition coefficient (Wildman–Crippen LogP) is 0.171. The zero-order valence-electron chi connectivity index (χ0n) is 13.9. The van der Waals surface area contributed by atoms with Crippen LogP contribution in [0.2, 0.25) is 0 Å². The molecule has 114 valence electrons. The highest BCUT2D eigenvalue weighted by atomic mass is 16.3. The van der Waals surface area contributed by atoms with Crippen molar-refractivity contribution in [3.8, 4) is 0 Å². The smallest absolute Gasteiger partial charge is 0.399 e. The molecule has 0 atom stereocenters. The average Bonchev–Trinajstić information content (AvgIpc) is 2.83. The maximum atomic E-state index is 6.00. The number of aryl methyl sites for hydroxylation is 3. The van der Waals surface area contributed by atoms with Gasteiger partial charge in [0.05, 0.1) is 0 Å². The molecule has 0 unspecified atom stereocenters. The van der Waals surface area contributed by atoms with E-state index in [1.807, 2.05) is 13.0 Å². The third kappa shape index (κ3) is 2.24. The second-order valence-electron chi connectivity index (χ2n) is 6.33. The summed E-state index contributed by atoms with van der Waals surface area (Å²) in [6, 6.07) is 8.44. The molecule has 0 saturated heterocycles. The fraction of sp³-hybridized carbons (Fsp3) is 0.222. The zero-order valence-corrected chi connectivity index (χ0v) is 13.9. The molecule has 0 saturated carbocycles. The van der Waals surface area contributed by atoms with Crippen molar-refractivity contribution in [2.24, 2.45) is 7.05 Å². The molecule has 0 spiro atoms. The number of furan rings is 1. The van der Waals surface area contributed by atoms with Crippen molar-refractivity contribution in [3.63, 3.8) is 0 Å². The largest absolute Gasteiger partial charge is 0.439 e. The molecule has 0 aliphatic carbocycles. The number of rotatable bonds is 1. The summed E-state index contributed by atoms with van der Waals surface area (Å²) in [5.74, 6) is 2.18. The highest BCUT2D eigenvalue weighted by molar-refractivity contribution is 6.82. The van der Waals surface area contributed by atoms with Crippen molar-refractivity contribution in [2.45, 2.75) is 13.8 Å². The van der Waals surface area contributed by atoms with Crippen LogP contribution in [0.4, 0.5) is 0 Å². The molecule has 0 fully saturated rings. The van der Waals surface area contributed by atoms with Crippen LogP contribution < -0.4 is 20.8 Å². The molecule has 3 aromatic rings. The molecule has 0 N–H and O–H groups in total. The summed E-state index contributed by atoms with van der Waals surface area (Å²) >= 11 is 0. The van der Waals surface area contributed by atoms with Gasteiger partial charge in [0.2, 0.25) is 5.71 Å². The van der Waals surface area contributed by atoms with Gasteiger partial charge in [-0.1, -0.05) is 0 Å². The quantitative estimate of drug-likeness (QED) is 0.475. The molecule has 0 bridgehead atoms. The van der Waals surface area contributed by atoms with E-state index in [0.717, 1.165) is 21.7 Å². The minimum Gasteiger partial charge on any atom is -0.439 e. The third-order valence-corrected chi connectivity index (χ3v) is 4.47. The lowest BCUT2D eigenvalue weighted by Crippen LogP contribution is -2.60. The Labute approximate surface area is 135 Å². The highest BCUT2D eigenvalue weighted by Crippen LogP contribution is 2.09. The topological polar surface area (TPSA) is 33.2 Å². The highest BCUT2D eigenvalue weighted by Gasteiger charge is 2.30. The number of hydrogen-bond donors (Lipinski definition) is 0. The van der Waals surface area contributed by atoms with Gasteiger partial charge in [0.1, 0.15) is 12.5 Å². The molecule has 1 aliphatic rings. The molecule has 23 heavy (non-hydrogen) atoms. The molecule has 4 nitrogen and oxygen atoms in total. The van der Waals surface area contributed by atoms with Crippen molar-refractivity contribution < 1.29 is 8.98 Å². The van der Waals surface area contributed by atoms with E-state index < -0.39 is 0 Å². The van der Waals surface area contributed by atoms with Gasteiger partial charge in [-0.25, -0.2) is 9.55 Å². The van der Waals surface area contributed by atoms with E-state index in [0.29, 0.717) is 5.71 Å². The molecule has 0 amide bonds. The van der Waals surface area contributed by atoms with Gasteiger partial charge in [0.15, 0.2) is 11.8 Å². The summed E-state index contributed by atoms with van der Waals surface area (Å²) in [6.07, 6.45) is 4.30. The van der Waals surface area contributed by atoms with E-state index in [1.165, 1.54) is 11.2 Å². The lowest BCUT2D eigenvalue weighted by atomic mass is 9.56. The van der Waals surface area contributed by atoms with E-state index in [-0.39, 0.29) is 6.85 Å². The van der Waals surface area contributed by atoms with Gasteiger partial charge < -0.3 is 9.23 Å². The Morgan fingerprint density at radius 3 is 2.78 bits per heavy atom. The number of pyridine rings is 2. The van der Waals surface area contributed by atoms with Crippen LogP contribution in [0.1, 0.15) is 11.3 Å². The zero-order chi connectivity index (χ0) is 16.1. The van der Waals surface area contributed by atoms with Crippen molar-refractivity contribution in [1.29, 1.82) is 0 Å². The lowest BCUT2D eigenvalue weighted by molar-refractivity contribution is -0.654. The summed E-state index contributed by atoms with van der Waals surface area (Å²) in [6.45, 7) is 4.24. The molecule has 0 radical (unpaired) electrons. The van der Waals surface area contributed by atoms with Crippen LogP contribution >= 0.6 is 0 Å². The van der Waals surface area contributed by atoms with Crippen LogP contribution in [0, 0.1) is 13.8 Å². The first-order chi connectivity index (χ1) is 11.0. The number of fused-ring (bicyclic) bond motifs is 3. The first-order valence-corrected chi connectivity index (χ1v) is 7.81. The van der Waals surface area contributed by atoms with E-state index >= 15 is 0 Å². The van der Waals surface area contributed by atoms with Gasteiger partial charge in [-0.05, 0) is 57.3 Å². The second kappa shape index (κ2) is 4.98. The second-order valence-corrected chi connectivity index (χ2v) is 6.33. The Morgan fingerprint density at radius 2 is 2.00 bits per heavy atom. The molecule has 4 rings (SSSR count). The molecular weight excluding hydrogens is 285 g/mol. The monoisotopic (exact) mass is 304 g/mol. The molecule has 3 aromatic heterocycles. The van der Waals surface area contributed by atoms with Gasteiger partial charge in [0, 0.05) is 21.9 Å². The Kier molecular flexibility index (Phi) is 3.05. The minimum atomic E-state index is 0.148. The summed E-state index contributed by atoms with van der Waals surface area (Å²) in [4.78, 5) is 6.73. The fourth-order valence-corrected chi connectivity index (χ4v) is 3.27. The van der Waals surface area contributed by atoms with Crippen molar-refractivity contribution in [1.82, 2.24) is 9.79 Å². The number of aromatic nitrogens is 2. The van der Waals surface area contributed by atoms with Crippen molar-refractivity contribution in [2.75, 3.05) is 7.05 Å². The SMILES string of the molecule is Cc1ccc(B2C=c3oc4nc(C)ccc4c3=CN2C)[n+](C)c1. The van der Waals surface area contributed by atoms with E-state index in [2.05, 4.69) is 72.0 Å². The van der Waals surface area contributed by atoms with Crippen LogP contribution in [0.25, 0.3) is 23.3 Å². The van der Waals surface area contributed by atoms with Crippen LogP contribution in [0.3, 0.4) is 0 Å². The maximum absolute atomic E-state index is 6.00. The first kappa shape index (κ1) is 14.1. The maximum Gasteiger partial charge on any atom is 0.399 e. The van der Waals surface area contributed by atoms with Gasteiger partial charge in [-0.15, -0.1) is 0 Å². The number of nitrogens with zero attached hydrogens (tertiary/aromatic N) is 3. The Bertz CT molecular complexity index is 1040. The molecule has 0 aromatic carbocycles. The molecular formula is C18H19BN3O+. The summed E-state index contributed by atoms with van der Waals surface area (Å²) in [5.41, 5.74) is 5.07. The summed E-state index contributed by atoms with van der Waals surface area (Å²) in [7, 11) is 4.19. The third-order valence-electron chi connectivity index (χ3n) is 4.47. The van der Waals surface area contributed by atoms with E-state index in [9.17, 15) is 0 Å². The van der Waals surface area contributed by atoms with E-state index in [4.69, 9.17) is 4.42 Å². The fourth-order valence-electron chi connectivity index (χ4n) is 3.27. The summed E-state index contributed by atoms with van der Waals surface area (Å²) < 4.78 is 8.18. The van der Waals surface area contributed by atoms with Crippen LogP contribution in [-0.2, 0) is 7.05 Å². The first-order valence-electron chi connectivity index (χ1n) is 7.81. The van der Waals surface area contributed by atoms with Gasteiger partial charge in [-0.2, -0.15) is 0 Å². The minimum absolute atomic E-state index is 0.148. The van der Waals surface area contributed by atoms with Crippen molar-refractivity contribution >= 4 is 35.7 Å². The van der Waals surface area contributed by atoms with Crippen LogP contribution in [-0.4, -0.2) is 23.7 Å². The van der Waals surface area contributed by atoms with Crippen LogP contribution in [0.15, 0.2) is 34.9 Å². The van der Waals surface area contributed by atoms with Gasteiger partial charge in [-0.3, -0.25) is 0 Å². The van der Waals surface area contributed by atoms with Crippen molar-refractivity contribution in [3.05, 3.63) is 52.4 Å². The average molecular weight is 304 g/mol. The molecule has 5 heteroatoms.